The van der Waals surface area contributed by atoms with Gasteiger partial charge in [-0.2, -0.15) is 0 Å². The topological polar surface area (TPSA) is 45.6 Å². The van der Waals surface area contributed by atoms with E-state index in [9.17, 15) is 9.59 Å². The number of aryl methyl sites for hydroxylation is 2. The van der Waals surface area contributed by atoms with Gasteiger partial charge in [0.25, 0.3) is 0 Å². The molecule has 5 nitrogen and oxygen atoms in total. The molecule has 1 saturated heterocycles. The van der Waals surface area contributed by atoms with Crippen molar-refractivity contribution in [1.82, 2.24) is 14.4 Å². The summed E-state index contributed by atoms with van der Waals surface area (Å²) in [4.78, 5) is 29.6. The van der Waals surface area contributed by atoms with Gasteiger partial charge in [-0.3, -0.25) is 14.5 Å². The van der Waals surface area contributed by atoms with Crippen LogP contribution in [0.1, 0.15) is 16.7 Å². The zero-order chi connectivity index (χ0) is 20.4. The van der Waals surface area contributed by atoms with E-state index in [4.69, 9.17) is 0 Å². The normalized spacial score (nSPS) is 15.0. The first-order valence-corrected chi connectivity index (χ1v) is 10.2. The Bertz CT molecular complexity index is 1080. The highest BCUT2D eigenvalue weighted by Crippen LogP contribution is 2.18. The van der Waals surface area contributed by atoms with Crippen molar-refractivity contribution in [3.63, 3.8) is 0 Å². The number of pyridine rings is 1. The number of rotatable bonds is 4. The third-order valence-electron chi connectivity index (χ3n) is 5.70. The smallest absolute Gasteiger partial charge is 0.242 e. The molecule has 150 valence electrons. The van der Waals surface area contributed by atoms with Crippen molar-refractivity contribution in [3.05, 3.63) is 81.6 Å². The second kappa shape index (κ2) is 8.21. The molecule has 29 heavy (non-hydrogen) atoms. The number of hydrogen-bond acceptors (Lipinski definition) is 3. The molecular formula is C24H27N3O2. The minimum atomic E-state index is 0.00993. The molecule has 1 fully saturated rings. The number of amides is 1. The Labute approximate surface area is 171 Å². The number of benzene rings is 2. The predicted molar refractivity (Wildman–Crippen MR) is 116 cm³/mol. The lowest BCUT2D eigenvalue weighted by Gasteiger charge is -2.35. The molecule has 1 aromatic heterocycles. The first-order valence-electron chi connectivity index (χ1n) is 10.2. The molecule has 0 atom stereocenters. The summed E-state index contributed by atoms with van der Waals surface area (Å²) < 4.78 is 1.91. The van der Waals surface area contributed by atoms with Crippen LogP contribution in [0.5, 0.6) is 0 Å². The Kier molecular flexibility index (Phi) is 5.49. The van der Waals surface area contributed by atoms with Crippen LogP contribution in [-0.2, 0) is 17.9 Å². The van der Waals surface area contributed by atoms with Crippen LogP contribution < -0.4 is 5.43 Å². The van der Waals surface area contributed by atoms with Gasteiger partial charge in [0.1, 0.15) is 6.54 Å². The molecule has 0 radical (unpaired) electrons. The SMILES string of the molecule is Cc1cc(C)c2c(=O)ccn(CC(=O)N3CCN(Cc4ccccc4)CC3)c2c1. The molecule has 0 unspecified atom stereocenters. The average Bonchev–Trinajstić information content (AvgIpc) is 2.71. The lowest BCUT2D eigenvalue weighted by molar-refractivity contribution is -0.133. The molecule has 1 aliphatic heterocycles. The standard InChI is InChI=1S/C24H27N3O2/c1-18-14-19(2)24-21(15-18)27(9-8-22(24)28)17-23(29)26-12-10-25(11-13-26)16-20-6-4-3-5-7-20/h3-9,14-15H,10-13,16-17H2,1-2H3. The van der Waals surface area contributed by atoms with Gasteiger partial charge < -0.3 is 9.47 Å². The van der Waals surface area contributed by atoms with Crippen molar-refractivity contribution >= 4 is 16.8 Å². The lowest BCUT2D eigenvalue weighted by Crippen LogP contribution is -2.49. The molecule has 0 saturated carbocycles. The van der Waals surface area contributed by atoms with Crippen LogP contribution in [0.2, 0.25) is 0 Å². The van der Waals surface area contributed by atoms with Crippen molar-refractivity contribution in [2.45, 2.75) is 26.9 Å². The van der Waals surface area contributed by atoms with Gasteiger partial charge >= 0.3 is 0 Å². The van der Waals surface area contributed by atoms with Gasteiger partial charge in [0.15, 0.2) is 5.43 Å². The third-order valence-corrected chi connectivity index (χ3v) is 5.70. The van der Waals surface area contributed by atoms with Crippen LogP contribution in [0, 0.1) is 13.8 Å². The molecule has 0 aliphatic carbocycles. The summed E-state index contributed by atoms with van der Waals surface area (Å²) in [7, 11) is 0. The molecule has 2 aromatic carbocycles. The largest absolute Gasteiger partial charge is 0.339 e. The molecule has 2 heterocycles. The number of fused-ring (bicyclic) bond motifs is 1. The van der Waals surface area contributed by atoms with Gasteiger partial charge in [-0.05, 0) is 36.6 Å². The van der Waals surface area contributed by atoms with E-state index in [1.807, 2.05) is 41.5 Å². The van der Waals surface area contributed by atoms with Crippen LogP contribution >= 0.6 is 0 Å². The molecule has 4 rings (SSSR count). The Hall–Kier alpha value is -2.92. The molecule has 0 bridgehead atoms. The van der Waals surface area contributed by atoms with E-state index in [0.29, 0.717) is 5.39 Å². The number of nitrogens with zero attached hydrogens (tertiary/aromatic N) is 3. The Morgan fingerprint density at radius 2 is 1.69 bits per heavy atom. The zero-order valence-corrected chi connectivity index (χ0v) is 17.1. The quantitative estimate of drug-likeness (QED) is 0.689. The van der Waals surface area contributed by atoms with Crippen LogP contribution in [0.25, 0.3) is 10.9 Å². The molecule has 1 aliphatic rings. The van der Waals surface area contributed by atoms with Crippen molar-refractivity contribution < 1.29 is 4.79 Å². The highest BCUT2D eigenvalue weighted by Gasteiger charge is 2.21. The number of piperazine rings is 1. The fraction of sp³-hybridized carbons (Fsp3) is 0.333. The molecule has 3 aromatic rings. The minimum Gasteiger partial charge on any atom is -0.339 e. The van der Waals surface area contributed by atoms with Crippen molar-refractivity contribution in [2.24, 2.45) is 0 Å². The maximum Gasteiger partial charge on any atom is 0.242 e. The van der Waals surface area contributed by atoms with Gasteiger partial charge in [-0.15, -0.1) is 0 Å². The predicted octanol–water partition coefficient (Wildman–Crippen LogP) is 2.96. The van der Waals surface area contributed by atoms with Crippen LogP contribution in [0.3, 0.4) is 0 Å². The third kappa shape index (κ3) is 4.25. The van der Waals surface area contributed by atoms with Gasteiger partial charge in [0.05, 0.1) is 5.52 Å². The monoisotopic (exact) mass is 389 g/mol. The number of hydrogen-bond donors (Lipinski definition) is 0. The van der Waals surface area contributed by atoms with Crippen molar-refractivity contribution in [3.8, 4) is 0 Å². The van der Waals surface area contributed by atoms with E-state index >= 15 is 0 Å². The van der Waals surface area contributed by atoms with Crippen molar-refractivity contribution in [2.75, 3.05) is 26.2 Å². The Morgan fingerprint density at radius 1 is 0.966 bits per heavy atom. The van der Waals surface area contributed by atoms with E-state index in [0.717, 1.165) is 49.4 Å². The highest BCUT2D eigenvalue weighted by molar-refractivity contribution is 5.85. The summed E-state index contributed by atoms with van der Waals surface area (Å²) >= 11 is 0. The number of carbonyl (C=O) groups excluding carboxylic acids is 1. The molecular weight excluding hydrogens is 362 g/mol. The summed E-state index contributed by atoms with van der Waals surface area (Å²) in [5, 5.41) is 0.707. The average molecular weight is 389 g/mol. The van der Waals surface area contributed by atoms with Crippen LogP contribution in [-0.4, -0.2) is 46.5 Å². The van der Waals surface area contributed by atoms with E-state index in [-0.39, 0.29) is 17.9 Å². The first kappa shape index (κ1) is 19.4. The first-order chi connectivity index (χ1) is 14.0. The highest BCUT2D eigenvalue weighted by atomic mass is 16.2. The van der Waals surface area contributed by atoms with Gasteiger partial charge in [-0.1, -0.05) is 36.4 Å². The van der Waals surface area contributed by atoms with Crippen LogP contribution in [0.4, 0.5) is 0 Å². The molecule has 5 heteroatoms. The summed E-state index contributed by atoms with van der Waals surface area (Å²) in [6.45, 7) is 8.39. The minimum absolute atomic E-state index is 0.00993. The fourth-order valence-corrected chi connectivity index (χ4v) is 4.19. The summed E-state index contributed by atoms with van der Waals surface area (Å²) in [6.07, 6.45) is 1.74. The molecule has 0 N–H and O–H groups in total. The van der Waals surface area contributed by atoms with E-state index in [1.54, 1.807) is 12.3 Å². The maximum absolute atomic E-state index is 12.9. The summed E-state index contributed by atoms with van der Waals surface area (Å²) in [5.74, 6) is 0.105. The second-order valence-corrected chi connectivity index (χ2v) is 7.93. The van der Waals surface area contributed by atoms with E-state index in [2.05, 4.69) is 29.2 Å². The fourth-order valence-electron chi connectivity index (χ4n) is 4.19. The maximum atomic E-state index is 12.9. The van der Waals surface area contributed by atoms with Crippen molar-refractivity contribution in [1.29, 1.82) is 0 Å². The van der Waals surface area contributed by atoms with Gasteiger partial charge in [0.2, 0.25) is 5.91 Å². The van der Waals surface area contributed by atoms with Crippen LogP contribution in [0.15, 0.2) is 59.5 Å². The summed E-state index contributed by atoms with van der Waals surface area (Å²) in [5.41, 5.74) is 4.21. The van der Waals surface area contributed by atoms with Gasteiger partial charge in [0, 0.05) is 50.4 Å². The van der Waals surface area contributed by atoms with E-state index < -0.39 is 0 Å². The number of carbonyl (C=O) groups is 1. The summed E-state index contributed by atoms with van der Waals surface area (Å²) in [6, 6.07) is 16.0. The van der Waals surface area contributed by atoms with E-state index in [1.165, 1.54) is 5.56 Å². The number of aromatic nitrogens is 1. The molecule has 0 spiro atoms. The van der Waals surface area contributed by atoms with Gasteiger partial charge in [-0.25, -0.2) is 0 Å². The zero-order valence-electron chi connectivity index (χ0n) is 17.1. The Morgan fingerprint density at radius 3 is 2.41 bits per heavy atom. The Balaban J connectivity index is 1.44. The molecule has 1 amide bonds. The second-order valence-electron chi connectivity index (χ2n) is 7.93. The lowest BCUT2D eigenvalue weighted by atomic mass is 10.1.